The van der Waals surface area contributed by atoms with E-state index in [1.165, 1.54) is 16.6 Å². The van der Waals surface area contributed by atoms with Crippen molar-refractivity contribution in [2.45, 2.75) is 49.3 Å². The van der Waals surface area contributed by atoms with Crippen molar-refractivity contribution in [3.8, 4) is 6.07 Å². The number of hydrogen-bond acceptors (Lipinski definition) is 6. The van der Waals surface area contributed by atoms with Gasteiger partial charge >= 0.3 is 0 Å². The molecular weight excluding hydrogens is 342 g/mol. The van der Waals surface area contributed by atoms with E-state index < -0.39 is 5.54 Å². The van der Waals surface area contributed by atoms with Crippen LogP contribution in [0.25, 0.3) is 0 Å². The first-order valence-corrected chi connectivity index (χ1v) is 9.83. The molecule has 1 N–H and O–H groups in total. The van der Waals surface area contributed by atoms with Crippen LogP contribution in [-0.2, 0) is 17.8 Å². The number of nitriles is 1. The molecule has 2 heterocycles. The quantitative estimate of drug-likeness (QED) is 0.767. The Morgan fingerprint density at radius 3 is 3.04 bits per heavy atom. The summed E-state index contributed by atoms with van der Waals surface area (Å²) in [5.41, 5.74) is -0.662. The molecule has 3 rings (SSSR count). The van der Waals surface area contributed by atoms with Gasteiger partial charge in [0.15, 0.2) is 5.16 Å². The van der Waals surface area contributed by atoms with E-state index >= 15 is 0 Å². The molecular formula is C16H19N5OS2. The Labute approximate surface area is 149 Å². The van der Waals surface area contributed by atoms with E-state index in [9.17, 15) is 10.1 Å². The van der Waals surface area contributed by atoms with E-state index in [0.717, 1.165) is 43.8 Å². The molecule has 0 aliphatic heterocycles. The van der Waals surface area contributed by atoms with Crippen molar-refractivity contribution >= 4 is 29.0 Å². The first-order chi connectivity index (χ1) is 11.7. The van der Waals surface area contributed by atoms with E-state index in [1.54, 1.807) is 17.7 Å². The van der Waals surface area contributed by atoms with Gasteiger partial charge in [-0.1, -0.05) is 17.8 Å². The second-order valence-corrected chi connectivity index (χ2v) is 7.85. The maximum atomic E-state index is 12.2. The monoisotopic (exact) mass is 361 g/mol. The molecule has 0 bridgehead atoms. The first kappa shape index (κ1) is 17.0. The minimum absolute atomic E-state index is 0.115. The SMILES string of the molecule is N#CC1(NC(=O)CSc2nncn2CCc2cccs2)CCCC1. The van der Waals surface area contributed by atoms with E-state index in [1.807, 2.05) is 10.6 Å². The summed E-state index contributed by atoms with van der Waals surface area (Å²) in [7, 11) is 0. The van der Waals surface area contributed by atoms with Crippen molar-refractivity contribution < 1.29 is 4.79 Å². The van der Waals surface area contributed by atoms with Crippen LogP contribution in [0.15, 0.2) is 29.0 Å². The molecule has 0 spiro atoms. The lowest BCUT2D eigenvalue weighted by molar-refractivity contribution is -0.119. The molecule has 1 fully saturated rings. The van der Waals surface area contributed by atoms with Crippen molar-refractivity contribution in [1.29, 1.82) is 5.26 Å². The van der Waals surface area contributed by atoms with Crippen molar-refractivity contribution in [3.63, 3.8) is 0 Å². The van der Waals surface area contributed by atoms with Gasteiger partial charge in [-0.05, 0) is 43.6 Å². The summed E-state index contributed by atoms with van der Waals surface area (Å²) in [4.78, 5) is 13.5. The number of aromatic nitrogens is 3. The fourth-order valence-corrected chi connectivity index (χ4v) is 4.31. The molecule has 0 radical (unpaired) electrons. The molecule has 0 atom stereocenters. The summed E-state index contributed by atoms with van der Waals surface area (Å²) in [6.45, 7) is 0.791. The van der Waals surface area contributed by atoms with Gasteiger partial charge in [0, 0.05) is 11.4 Å². The molecule has 0 aromatic carbocycles. The van der Waals surface area contributed by atoms with E-state index in [4.69, 9.17) is 0 Å². The summed E-state index contributed by atoms with van der Waals surface area (Å²) in [5, 5.41) is 23.1. The Morgan fingerprint density at radius 1 is 1.50 bits per heavy atom. The second-order valence-electron chi connectivity index (χ2n) is 5.87. The second kappa shape index (κ2) is 7.81. The first-order valence-electron chi connectivity index (χ1n) is 7.96. The van der Waals surface area contributed by atoms with Crippen molar-refractivity contribution in [3.05, 3.63) is 28.7 Å². The third kappa shape index (κ3) is 4.16. The van der Waals surface area contributed by atoms with E-state index in [-0.39, 0.29) is 11.7 Å². The van der Waals surface area contributed by atoms with Crippen LogP contribution in [0.2, 0.25) is 0 Å². The van der Waals surface area contributed by atoms with Crippen LogP contribution in [0, 0.1) is 11.3 Å². The van der Waals surface area contributed by atoms with Gasteiger partial charge in [0.05, 0.1) is 11.8 Å². The number of hydrogen-bond donors (Lipinski definition) is 1. The topological polar surface area (TPSA) is 83.6 Å². The molecule has 0 unspecified atom stereocenters. The van der Waals surface area contributed by atoms with Crippen molar-refractivity contribution in [2.75, 3.05) is 5.75 Å². The van der Waals surface area contributed by atoms with Gasteiger partial charge in [-0.3, -0.25) is 4.79 Å². The maximum Gasteiger partial charge on any atom is 0.231 e. The van der Waals surface area contributed by atoms with Crippen LogP contribution in [0.5, 0.6) is 0 Å². The predicted octanol–water partition coefficient (Wildman–Crippen LogP) is 2.63. The summed E-state index contributed by atoms with van der Waals surface area (Å²) in [6, 6.07) is 6.43. The minimum atomic E-state index is -0.662. The summed E-state index contributed by atoms with van der Waals surface area (Å²) >= 11 is 3.10. The molecule has 24 heavy (non-hydrogen) atoms. The molecule has 0 saturated heterocycles. The lowest BCUT2D eigenvalue weighted by atomic mass is 10.0. The number of thioether (sulfide) groups is 1. The van der Waals surface area contributed by atoms with Crippen LogP contribution in [0.3, 0.4) is 0 Å². The van der Waals surface area contributed by atoms with Gasteiger partial charge in [-0.2, -0.15) is 5.26 Å². The maximum absolute atomic E-state index is 12.2. The Hall–Kier alpha value is -1.85. The van der Waals surface area contributed by atoms with Gasteiger partial charge in [0.1, 0.15) is 11.9 Å². The van der Waals surface area contributed by atoms with Crippen LogP contribution < -0.4 is 5.32 Å². The molecule has 1 aliphatic carbocycles. The highest BCUT2D eigenvalue weighted by Gasteiger charge is 2.35. The fraction of sp³-hybridized carbons (Fsp3) is 0.500. The lowest BCUT2D eigenvalue weighted by Gasteiger charge is -2.21. The Kier molecular flexibility index (Phi) is 5.53. The highest BCUT2D eigenvalue weighted by molar-refractivity contribution is 7.99. The van der Waals surface area contributed by atoms with Gasteiger partial charge in [-0.15, -0.1) is 21.5 Å². The molecule has 6 nitrogen and oxygen atoms in total. The smallest absolute Gasteiger partial charge is 0.231 e. The van der Waals surface area contributed by atoms with E-state index in [0.29, 0.717) is 0 Å². The summed E-state index contributed by atoms with van der Waals surface area (Å²) in [5.74, 6) is 0.137. The minimum Gasteiger partial charge on any atom is -0.337 e. The largest absolute Gasteiger partial charge is 0.337 e. The number of nitrogens with one attached hydrogen (secondary N) is 1. The standard InChI is InChI=1S/C16H19N5OS2/c17-11-16(6-1-2-7-16)19-14(22)10-24-15-20-18-12-21(15)8-5-13-4-3-9-23-13/h3-4,9,12H,1-2,5-8,10H2,(H,19,22). The zero-order valence-electron chi connectivity index (χ0n) is 13.3. The Morgan fingerprint density at radius 2 is 2.33 bits per heavy atom. The third-order valence-corrected chi connectivity index (χ3v) is 6.06. The number of carbonyl (C=O) groups excluding carboxylic acids is 1. The number of thiophene rings is 1. The average molecular weight is 361 g/mol. The van der Waals surface area contributed by atoms with Crippen LogP contribution in [0.4, 0.5) is 0 Å². The molecule has 126 valence electrons. The number of amides is 1. The van der Waals surface area contributed by atoms with E-state index in [2.05, 4.69) is 33.0 Å². The highest BCUT2D eigenvalue weighted by Crippen LogP contribution is 2.29. The summed E-state index contributed by atoms with van der Waals surface area (Å²) < 4.78 is 1.97. The van der Waals surface area contributed by atoms with Crippen LogP contribution in [0.1, 0.15) is 30.6 Å². The Bertz CT molecular complexity index is 713. The van der Waals surface area contributed by atoms with Crippen molar-refractivity contribution in [1.82, 2.24) is 20.1 Å². The number of rotatable bonds is 7. The molecule has 2 aromatic heterocycles. The lowest BCUT2D eigenvalue weighted by Crippen LogP contribution is -2.45. The molecule has 8 heteroatoms. The third-order valence-electron chi connectivity index (χ3n) is 4.14. The highest BCUT2D eigenvalue weighted by atomic mass is 32.2. The van der Waals surface area contributed by atoms with Crippen molar-refractivity contribution in [2.24, 2.45) is 0 Å². The zero-order chi connectivity index (χ0) is 16.8. The Balaban J connectivity index is 1.50. The summed E-state index contributed by atoms with van der Waals surface area (Å²) in [6.07, 6.45) is 6.11. The number of carbonyl (C=O) groups is 1. The van der Waals surface area contributed by atoms with Gasteiger partial charge in [0.25, 0.3) is 0 Å². The number of aryl methyl sites for hydroxylation is 2. The molecule has 1 aliphatic rings. The predicted molar refractivity (Wildman–Crippen MR) is 93.7 cm³/mol. The molecule has 2 aromatic rings. The van der Waals surface area contributed by atoms with Crippen LogP contribution >= 0.6 is 23.1 Å². The fourth-order valence-electron chi connectivity index (χ4n) is 2.87. The van der Waals surface area contributed by atoms with Gasteiger partial charge in [-0.25, -0.2) is 0 Å². The van der Waals surface area contributed by atoms with Gasteiger partial charge in [0.2, 0.25) is 5.91 Å². The normalized spacial score (nSPS) is 16.0. The molecule has 1 saturated carbocycles. The molecule has 1 amide bonds. The number of nitrogens with zero attached hydrogens (tertiary/aromatic N) is 4. The average Bonchev–Trinajstić information content (AvgIpc) is 3.33. The van der Waals surface area contributed by atoms with Gasteiger partial charge < -0.3 is 9.88 Å². The zero-order valence-corrected chi connectivity index (χ0v) is 14.9. The van der Waals surface area contributed by atoms with Crippen LogP contribution in [-0.4, -0.2) is 32.0 Å².